The van der Waals surface area contributed by atoms with Crippen molar-refractivity contribution in [1.29, 1.82) is 0 Å². The average molecular weight is 263 g/mol. The third kappa shape index (κ3) is 1.89. The first-order valence-electron chi connectivity index (χ1n) is 6.12. The highest BCUT2D eigenvalue weighted by Gasteiger charge is 2.45. The van der Waals surface area contributed by atoms with Crippen LogP contribution in [0.3, 0.4) is 0 Å². The first kappa shape index (κ1) is 11.6. The molecule has 0 saturated heterocycles. The Bertz CT molecular complexity index is 613. The first-order chi connectivity index (χ1) is 8.61. The number of aromatic amines is 1. The predicted molar refractivity (Wildman–Crippen MR) is 72.9 cm³/mol. The number of fused-ring (bicyclic) bond motifs is 1. The van der Waals surface area contributed by atoms with Crippen LogP contribution in [0, 0.1) is 0 Å². The Labute approximate surface area is 111 Å². The average Bonchev–Trinajstić information content (AvgIpc) is 3.00. The lowest BCUT2D eigenvalue weighted by Gasteiger charge is -2.14. The maximum atomic E-state index is 11.1. The summed E-state index contributed by atoms with van der Waals surface area (Å²) in [7, 11) is 0. The van der Waals surface area contributed by atoms with Crippen LogP contribution in [0.5, 0.6) is 0 Å². The summed E-state index contributed by atoms with van der Waals surface area (Å²) in [4.78, 5) is 14.3. The van der Waals surface area contributed by atoms with Crippen LogP contribution in [-0.4, -0.2) is 17.4 Å². The van der Waals surface area contributed by atoms with E-state index in [9.17, 15) is 4.79 Å². The van der Waals surface area contributed by atoms with Crippen LogP contribution in [0.1, 0.15) is 25.3 Å². The van der Waals surface area contributed by atoms with Crippen LogP contribution in [-0.2, 0) is 10.2 Å². The fourth-order valence-corrected chi connectivity index (χ4v) is 2.70. The second-order valence-corrected chi connectivity index (χ2v) is 5.52. The number of halogens is 1. The zero-order chi connectivity index (χ0) is 12.8. The first-order valence-corrected chi connectivity index (χ1v) is 6.50. The maximum Gasteiger partial charge on any atom is 0.216 e. The number of carbonyl (C=O) groups is 1. The normalized spacial score (nSPS) is 16.8. The summed E-state index contributed by atoms with van der Waals surface area (Å²) in [6.45, 7) is 2.28. The number of aromatic nitrogens is 1. The van der Waals surface area contributed by atoms with Gasteiger partial charge >= 0.3 is 0 Å². The molecule has 1 aliphatic carbocycles. The number of amides is 1. The SMILES string of the molecule is CC(=O)NCC1(c2c[nH]c3cc(Cl)ccc23)CC1. The summed E-state index contributed by atoms with van der Waals surface area (Å²) in [6.07, 6.45) is 4.31. The van der Waals surface area contributed by atoms with E-state index in [1.54, 1.807) is 6.92 Å². The van der Waals surface area contributed by atoms with Crippen LogP contribution in [0.25, 0.3) is 10.9 Å². The molecule has 1 saturated carbocycles. The number of benzene rings is 1. The standard InChI is InChI=1S/C14H15ClN2O/c1-9(18)17-8-14(4-5-14)12-7-16-13-6-10(15)2-3-11(12)13/h2-3,6-7,16H,4-5,8H2,1H3,(H,17,18). The Balaban J connectivity index is 1.97. The molecule has 3 rings (SSSR count). The van der Waals surface area contributed by atoms with Crippen LogP contribution >= 0.6 is 11.6 Å². The van der Waals surface area contributed by atoms with E-state index >= 15 is 0 Å². The van der Waals surface area contributed by atoms with Crippen molar-refractivity contribution in [3.05, 3.63) is 35.0 Å². The summed E-state index contributed by atoms with van der Waals surface area (Å²) < 4.78 is 0. The minimum absolute atomic E-state index is 0.0316. The lowest BCUT2D eigenvalue weighted by Crippen LogP contribution is -2.30. The van der Waals surface area contributed by atoms with Crippen LogP contribution in [0.15, 0.2) is 24.4 Å². The van der Waals surface area contributed by atoms with Gasteiger partial charge < -0.3 is 10.3 Å². The zero-order valence-electron chi connectivity index (χ0n) is 10.2. The molecule has 1 amide bonds. The van der Waals surface area contributed by atoms with E-state index < -0.39 is 0 Å². The van der Waals surface area contributed by atoms with Crippen molar-refractivity contribution in [2.75, 3.05) is 6.54 Å². The summed E-state index contributed by atoms with van der Waals surface area (Å²) >= 11 is 5.98. The lowest BCUT2D eigenvalue weighted by atomic mass is 9.95. The molecule has 0 atom stereocenters. The molecule has 2 aromatic rings. The van der Waals surface area contributed by atoms with Crippen molar-refractivity contribution in [3.8, 4) is 0 Å². The Hall–Kier alpha value is -1.48. The molecule has 18 heavy (non-hydrogen) atoms. The van der Waals surface area contributed by atoms with Gasteiger partial charge in [-0.2, -0.15) is 0 Å². The molecule has 1 aromatic heterocycles. The van der Waals surface area contributed by atoms with E-state index in [4.69, 9.17) is 11.6 Å². The van der Waals surface area contributed by atoms with Gasteiger partial charge in [-0.15, -0.1) is 0 Å². The van der Waals surface area contributed by atoms with Crippen LogP contribution in [0.2, 0.25) is 5.02 Å². The highest BCUT2D eigenvalue weighted by atomic mass is 35.5. The molecule has 0 radical (unpaired) electrons. The Kier molecular flexibility index (Phi) is 2.59. The zero-order valence-corrected chi connectivity index (χ0v) is 11.0. The Morgan fingerprint density at radius 1 is 1.50 bits per heavy atom. The van der Waals surface area contributed by atoms with Gasteiger partial charge in [0.05, 0.1) is 0 Å². The van der Waals surface area contributed by atoms with Crippen molar-refractivity contribution in [3.63, 3.8) is 0 Å². The Morgan fingerprint density at radius 2 is 2.28 bits per heavy atom. The van der Waals surface area contributed by atoms with Gasteiger partial charge in [-0.3, -0.25) is 4.79 Å². The molecule has 4 heteroatoms. The fraction of sp³-hybridized carbons (Fsp3) is 0.357. The second kappa shape index (κ2) is 4.02. The third-order valence-corrected chi connectivity index (χ3v) is 3.98. The molecule has 0 bridgehead atoms. The molecule has 3 nitrogen and oxygen atoms in total. The summed E-state index contributed by atoms with van der Waals surface area (Å²) in [5.74, 6) is 0.0316. The number of H-pyrrole nitrogens is 1. The van der Waals surface area contributed by atoms with E-state index in [1.807, 2.05) is 12.1 Å². The van der Waals surface area contributed by atoms with Gasteiger partial charge in [-0.1, -0.05) is 17.7 Å². The number of rotatable bonds is 3. The third-order valence-electron chi connectivity index (χ3n) is 3.74. The van der Waals surface area contributed by atoms with E-state index in [0.29, 0.717) is 0 Å². The van der Waals surface area contributed by atoms with Gasteiger partial charge in [0.25, 0.3) is 0 Å². The molecule has 1 aliphatic rings. The molecule has 0 unspecified atom stereocenters. The molecule has 1 fully saturated rings. The van der Waals surface area contributed by atoms with E-state index in [0.717, 1.165) is 29.9 Å². The topological polar surface area (TPSA) is 44.9 Å². The monoisotopic (exact) mass is 262 g/mol. The van der Waals surface area contributed by atoms with Gasteiger partial charge in [0.1, 0.15) is 0 Å². The number of hydrogen-bond donors (Lipinski definition) is 2. The van der Waals surface area contributed by atoms with Crippen molar-refractivity contribution in [2.24, 2.45) is 0 Å². The molecule has 1 heterocycles. The van der Waals surface area contributed by atoms with Gasteiger partial charge in [0.15, 0.2) is 0 Å². The fourth-order valence-electron chi connectivity index (χ4n) is 2.52. The van der Waals surface area contributed by atoms with Crippen molar-refractivity contribution in [2.45, 2.75) is 25.2 Å². The van der Waals surface area contributed by atoms with Crippen LogP contribution < -0.4 is 5.32 Å². The predicted octanol–water partition coefficient (Wildman–Crippen LogP) is 2.99. The van der Waals surface area contributed by atoms with E-state index in [-0.39, 0.29) is 11.3 Å². The lowest BCUT2D eigenvalue weighted by molar-refractivity contribution is -0.119. The van der Waals surface area contributed by atoms with Gasteiger partial charge in [-0.05, 0) is 30.5 Å². The second-order valence-electron chi connectivity index (χ2n) is 5.08. The van der Waals surface area contributed by atoms with Crippen molar-refractivity contribution >= 4 is 28.4 Å². The minimum Gasteiger partial charge on any atom is -0.361 e. The maximum absolute atomic E-state index is 11.1. The molecule has 0 aliphatic heterocycles. The molecule has 94 valence electrons. The van der Waals surface area contributed by atoms with Crippen molar-refractivity contribution in [1.82, 2.24) is 10.3 Å². The largest absolute Gasteiger partial charge is 0.361 e. The van der Waals surface area contributed by atoms with Crippen molar-refractivity contribution < 1.29 is 4.79 Å². The quantitative estimate of drug-likeness (QED) is 0.878. The number of carbonyl (C=O) groups excluding carboxylic acids is 1. The molecule has 1 aromatic carbocycles. The summed E-state index contributed by atoms with van der Waals surface area (Å²) in [5, 5.41) is 4.88. The molecular formula is C14H15ClN2O. The summed E-state index contributed by atoms with van der Waals surface area (Å²) in [5.41, 5.74) is 2.48. The van der Waals surface area contributed by atoms with E-state index in [1.165, 1.54) is 10.9 Å². The van der Waals surface area contributed by atoms with Crippen LogP contribution in [0.4, 0.5) is 0 Å². The van der Waals surface area contributed by atoms with E-state index in [2.05, 4.69) is 22.6 Å². The smallest absolute Gasteiger partial charge is 0.216 e. The summed E-state index contributed by atoms with van der Waals surface area (Å²) in [6, 6.07) is 5.90. The number of nitrogens with one attached hydrogen (secondary N) is 2. The highest BCUT2D eigenvalue weighted by Crippen LogP contribution is 2.50. The Morgan fingerprint density at radius 3 is 2.94 bits per heavy atom. The molecule has 0 spiro atoms. The van der Waals surface area contributed by atoms with Gasteiger partial charge in [-0.25, -0.2) is 0 Å². The minimum atomic E-state index is 0.0316. The van der Waals surface area contributed by atoms with Gasteiger partial charge in [0, 0.05) is 41.0 Å². The number of hydrogen-bond acceptors (Lipinski definition) is 1. The molecular weight excluding hydrogens is 248 g/mol. The molecule has 2 N–H and O–H groups in total. The van der Waals surface area contributed by atoms with Gasteiger partial charge in [0.2, 0.25) is 5.91 Å². The highest BCUT2D eigenvalue weighted by molar-refractivity contribution is 6.31.